The van der Waals surface area contributed by atoms with E-state index in [1.807, 2.05) is 36.4 Å². The minimum Gasteiger partial charge on any atom is -0.351 e. The van der Waals surface area contributed by atoms with Crippen molar-refractivity contribution in [3.63, 3.8) is 0 Å². The number of rotatable bonds is 5. The van der Waals surface area contributed by atoms with Crippen molar-refractivity contribution < 1.29 is 4.79 Å². The van der Waals surface area contributed by atoms with Crippen LogP contribution in [-0.2, 0) is 0 Å². The Kier molecular flexibility index (Phi) is 6.90. The van der Waals surface area contributed by atoms with Crippen molar-refractivity contribution in [2.75, 3.05) is 19.6 Å². The van der Waals surface area contributed by atoms with Crippen LogP contribution in [0.2, 0.25) is 5.02 Å². The Bertz CT molecular complexity index is 636. The van der Waals surface area contributed by atoms with Crippen molar-refractivity contribution in [2.24, 2.45) is 5.92 Å². The molecule has 1 aromatic heterocycles. The quantitative estimate of drug-likeness (QED) is 0.826. The smallest absolute Gasteiger partial charge is 0.261 e. The predicted octanol–water partition coefficient (Wildman–Crippen LogP) is 4.22. The van der Waals surface area contributed by atoms with E-state index in [-0.39, 0.29) is 18.3 Å². The van der Waals surface area contributed by atoms with Crippen molar-refractivity contribution in [3.05, 3.63) is 46.3 Å². The minimum absolute atomic E-state index is 0. The molecule has 0 saturated carbocycles. The fourth-order valence-corrected chi connectivity index (χ4v) is 3.72. The lowest BCUT2D eigenvalue weighted by molar-refractivity contribution is 0.0955. The van der Waals surface area contributed by atoms with Crippen LogP contribution in [0.25, 0.3) is 10.4 Å². The molecule has 2 aromatic rings. The average molecular weight is 371 g/mol. The first-order valence-electron chi connectivity index (χ1n) is 7.57. The van der Waals surface area contributed by atoms with Crippen molar-refractivity contribution in [1.82, 2.24) is 10.6 Å². The zero-order valence-electron chi connectivity index (χ0n) is 12.7. The van der Waals surface area contributed by atoms with Crippen LogP contribution in [0.15, 0.2) is 36.4 Å². The van der Waals surface area contributed by atoms with E-state index in [4.69, 9.17) is 11.6 Å². The van der Waals surface area contributed by atoms with E-state index in [9.17, 15) is 4.79 Å². The molecular weight excluding hydrogens is 351 g/mol. The molecule has 2 heterocycles. The number of hydrogen-bond acceptors (Lipinski definition) is 3. The average Bonchev–Trinajstić information content (AvgIpc) is 3.19. The number of carbonyl (C=O) groups is 1. The van der Waals surface area contributed by atoms with E-state index in [0.717, 1.165) is 46.4 Å². The van der Waals surface area contributed by atoms with E-state index >= 15 is 0 Å². The molecule has 1 saturated heterocycles. The second-order valence-corrected chi connectivity index (χ2v) is 7.09. The Morgan fingerprint density at radius 1 is 1.26 bits per heavy atom. The fourth-order valence-electron chi connectivity index (χ4n) is 2.67. The van der Waals surface area contributed by atoms with Crippen LogP contribution in [-0.4, -0.2) is 25.5 Å². The monoisotopic (exact) mass is 370 g/mol. The second-order valence-electron chi connectivity index (χ2n) is 5.57. The summed E-state index contributed by atoms with van der Waals surface area (Å²) >= 11 is 7.42. The summed E-state index contributed by atoms with van der Waals surface area (Å²) in [5.41, 5.74) is 1.09. The van der Waals surface area contributed by atoms with Gasteiger partial charge in [0.05, 0.1) is 4.88 Å². The minimum atomic E-state index is 0. The van der Waals surface area contributed by atoms with Crippen molar-refractivity contribution in [3.8, 4) is 10.4 Å². The van der Waals surface area contributed by atoms with Crippen LogP contribution in [0.4, 0.5) is 0 Å². The van der Waals surface area contributed by atoms with Gasteiger partial charge in [0, 0.05) is 16.4 Å². The van der Waals surface area contributed by atoms with E-state index in [0.29, 0.717) is 5.92 Å². The molecule has 1 aromatic carbocycles. The zero-order chi connectivity index (χ0) is 15.4. The largest absolute Gasteiger partial charge is 0.351 e. The topological polar surface area (TPSA) is 41.1 Å². The van der Waals surface area contributed by atoms with E-state index in [1.165, 1.54) is 17.8 Å². The number of benzene rings is 1. The Morgan fingerprint density at radius 2 is 2.04 bits per heavy atom. The van der Waals surface area contributed by atoms with Gasteiger partial charge in [0.2, 0.25) is 0 Å². The highest BCUT2D eigenvalue weighted by Crippen LogP contribution is 2.29. The molecule has 23 heavy (non-hydrogen) atoms. The van der Waals surface area contributed by atoms with Crippen LogP contribution < -0.4 is 10.6 Å². The molecule has 2 N–H and O–H groups in total. The molecule has 1 amide bonds. The van der Waals surface area contributed by atoms with Gasteiger partial charge in [-0.15, -0.1) is 23.7 Å². The van der Waals surface area contributed by atoms with E-state index in [1.54, 1.807) is 0 Å². The molecule has 3 rings (SSSR count). The fraction of sp³-hybridized carbons (Fsp3) is 0.353. The van der Waals surface area contributed by atoms with Gasteiger partial charge < -0.3 is 10.6 Å². The predicted molar refractivity (Wildman–Crippen MR) is 99.9 cm³/mol. The summed E-state index contributed by atoms with van der Waals surface area (Å²) in [5.74, 6) is 0.726. The van der Waals surface area contributed by atoms with Gasteiger partial charge in [-0.3, -0.25) is 4.79 Å². The van der Waals surface area contributed by atoms with Gasteiger partial charge in [0.1, 0.15) is 0 Å². The Labute approximate surface area is 151 Å². The summed E-state index contributed by atoms with van der Waals surface area (Å²) < 4.78 is 0. The van der Waals surface area contributed by atoms with Crippen LogP contribution in [0.5, 0.6) is 0 Å². The number of amides is 1. The first-order chi connectivity index (χ1) is 10.7. The van der Waals surface area contributed by atoms with Crippen LogP contribution in [0.3, 0.4) is 0 Å². The van der Waals surface area contributed by atoms with Crippen LogP contribution in [0, 0.1) is 5.92 Å². The number of carbonyl (C=O) groups excluding carboxylic acids is 1. The maximum Gasteiger partial charge on any atom is 0.261 e. The molecule has 0 radical (unpaired) electrons. The molecule has 124 valence electrons. The normalized spacial score (nSPS) is 16.8. The Balaban J connectivity index is 0.00000192. The van der Waals surface area contributed by atoms with E-state index in [2.05, 4.69) is 10.6 Å². The highest BCUT2D eigenvalue weighted by molar-refractivity contribution is 7.17. The standard InChI is InChI=1S/C17H19ClN2OS.ClH/c18-14-3-1-13(2-4-14)15-5-6-16(22-15)17(21)20-10-8-12-7-9-19-11-12;/h1-6,12,19H,7-11H2,(H,20,21);1H. The summed E-state index contributed by atoms with van der Waals surface area (Å²) in [6, 6.07) is 11.6. The Morgan fingerprint density at radius 3 is 2.74 bits per heavy atom. The number of halogens is 2. The Hall–Kier alpha value is -1.07. The lowest BCUT2D eigenvalue weighted by Gasteiger charge is -2.08. The van der Waals surface area contributed by atoms with E-state index < -0.39 is 0 Å². The summed E-state index contributed by atoms with van der Waals surface area (Å²) in [4.78, 5) is 14.0. The van der Waals surface area contributed by atoms with Gasteiger partial charge in [-0.05, 0) is 61.7 Å². The molecule has 0 spiro atoms. The van der Waals surface area contributed by atoms with Crippen molar-refractivity contribution in [1.29, 1.82) is 0 Å². The molecule has 1 fully saturated rings. The van der Waals surface area contributed by atoms with Crippen molar-refractivity contribution >= 4 is 41.3 Å². The molecule has 1 aliphatic rings. The van der Waals surface area contributed by atoms with Gasteiger partial charge in [-0.2, -0.15) is 0 Å². The lowest BCUT2D eigenvalue weighted by Crippen LogP contribution is -2.25. The van der Waals surface area contributed by atoms with Gasteiger partial charge in [-0.1, -0.05) is 23.7 Å². The first-order valence-corrected chi connectivity index (χ1v) is 8.76. The van der Waals surface area contributed by atoms with Gasteiger partial charge in [-0.25, -0.2) is 0 Å². The molecule has 0 aliphatic carbocycles. The molecule has 6 heteroatoms. The van der Waals surface area contributed by atoms with Crippen LogP contribution >= 0.6 is 35.3 Å². The van der Waals surface area contributed by atoms with Gasteiger partial charge >= 0.3 is 0 Å². The molecule has 0 bridgehead atoms. The van der Waals surface area contributed by atoms with Crippen LogP contribution in [0.1, 0.15) is 22.5 Å². The first kappa shape index (κ1) is 18.3. The number of thiophene rings is 1. The molecule has 1 unspecified atom stereocenters. The van der Waals surface area contributed by atoms with Crippen molar-refractivity contribution in [2.45, 2.75) is 12.8 Å². The molecule has 1 atom stereocenters. The van der Waals surface area contributed by atoms with Gasteiger partial charge in [0.15, 0.2) is 0 Å². The summed E-state index contributed by atoms with van der Waals surface area (Å²) in [7, 11) is 0. The van der Waals surface area contributed by atoms with Gasteiger partial charge in [0.25, 0.3) is 5.91 Å². The highest BCUT2D eigenvalue weighted by atomic mass is 35.5. The maximum atomic E-state index is 12.2. The highest BCUT2D eigenvalue weighted by Gasteiger charge is 2.15. The zero-order valence-corrected chi connectivity index (χ0v) is 15.1. The summed E-state index contributed by atoms with van der Waals surface area (Å²) in [6.07, 6.45) is 2.27. The maximum absolute atomic E-state index is 12.2. The third-order valence-electron chi connectivity index (χ3n) is 3.96. The number of hydrogen-bond donors (Lipinski definition) is 2. The third kappa shape index (κ3) is 4.95. The SMILES string of the molecule is Cl.O=C(NCCC1CCNC1)c1ccc(-c2ccc(Cl)cc2)s1. The molecule has 3 nitrogen and oxygen atoms in total. The second kappa shape index (κ2) is 8.69. The molecular formula is C17H20Cl2N2OS. The summed E-state index contributed by atoms with van der Waals surface area (Å²) in [6.45, 7) is 2.93. The lowest BCUT2D eigenvalue weighted by atomic mass is 10.1. The number of nitrogens with one attached hydrogen (secondary N) is 2. The molecule has 1 aliphatic heterocycles. The summed E-state index contributed by atoms with van der Waals surface area (Å²) in [5, 5.41) is 7.09. The third-order valence-corrected chi connectivity index (χ3v) is 5.34.